The van der Waals surface area contributed by atoms with Crippen LogP contribution in [0.1, 0.15) is 43.0 Å². The van der Waals surface area contributed by atoms with Crippen LogP contribution in [0.3, 0.4) is 0 Å². The molecule has 0 aliphatic carbocycles. The fraction of sp³-hybridized carbons (Fsp3) is 0.364. The Morgan fingerprint density at radius 1 is 0.923 bits per heavy atom. The summed E-state index contributed by atoms with van der Waals surface area (Å²) in [6.45, 7) is 9.56. The molecule has 0 aromatic heterocycles. The highest BCUT2D eigenvalue weighted by atomic mass is 16.2. The van der Waals surface area contributed by atoms with Crippen LogP contribution in [0.4, 0.5) is 11.4 Å². The van der Waals surface area contributed by atoms with Crippen LogP contribution in [0.15, 0.2) is 36.4 Å². The van der Waals surface area contributed by atoms with Crippen molar-refractivity contribution in [2.75, 3.05) is 16.8 Å². The molecule has 0 aliphatic heterocycles. The molecule has 4 heteroatoms. The van der Waals surface area contributed by atoms with Crippen LogP contribution in [0.5, 0.6) is 0 Å². The van der Waals surface area contributed by atoms with Crippen molar-refractivity contribution in [1.29, 1.82) is 0 Å². The SMILES string of the molecule is CCc1cccc(CC)c1NC(=O)CN(C(C)=O)c1c(C)cccc1C. The number of aryl methyl sites for hydroxylation is 4. The van der Waals surface area contributed by atoms with E-state index in [0.29, 0.717) is 0 Å². The summed E-state index contributed by atoms with van der Waals surface area (Å²) in [5.74, 6) is -0.324. The van der Waals surface area contributed by atoms with Gasteiger partial charge >= 0.3 is 0 Å². The van der Waals surface area contributed by atoms with Gasteiger partial charge in [-0.3, -0.25) is 9.59 Å². The maximum atomic E-state index is 12.8. The number of amides is 2. The minimum absolute atomic E-state index is 0.00221. The number of para-hydroxylation sites is 2. The van der Waals surface area contributed by atoms with E-state index < -0.39 is 0 Å². The zero-order chi connectivity index (χ0) is 19.3. The third kappa shape index (κ3) is 4.31. The number of hydrogen-bond donors (Lipinski definition) is 1. The fourth-order valence-corrected chi connectivity index (χ4v) is 3.30. The predicted octanol–water partition coefficient (Wildman–Crippen LogP) is 4.42. The Balaban J connectivity index is 2.29. The molecule has 0 saturated heterocycles. The van der Waals surface area contributed by atoms with Gasteiger partial charge in [0.1, 0.15) is 6.54 Å². The second-order valence-corrected chi connectivity index (χ2v) is 6.55. The van der Waals surface area contributed by atoms with Gasteiger partial charge in [0.2, 0.25) is 11.8 Å². The normalized spacial score (nSPS) is 10.5. The molecule has 0 spiro atoms. The summed E-state index contributed by atoms with van der Waals surface area (Å²) in [5, 5.41) is 3.04. The van der Waals surface area contributed by atoms with Gasteiger partial charge in [0.05, 0.1) is 5.69 Å². The number of benzene rings is 2. The highest BCUT2D eigenvalue weighted by molar-refractivity contribution is 6.03. The van der Waals surface area contributed by atoms with Gasteiger partial charge in [0, 0.05) is 12.6 Å². The lowest BCUT2D eigenvalue weighted by Gasteiger charge is -2.25. The number of hydrogen-bond acceptors (Lipinski definition) is 2. The summed E-state index contributed by atoms with van der Waals surface area (Å²) in [6, 6.07) is 11.9. The Labute approximate surface area is 156 Å². The van der Waals surface area contributed by atoms with E-state index >= 15 is 0 Å². The maximum absolute atomic E-state index is 12.8. The first-order chi connectivity index (χ1) is 12.4. The smallest absolute Gasteiger partial charge is 0.244 e. The number of anilines is 2. The Morgan fingerprint density at radius 3 is 1.88 bits per heavy atom. The fourth-order valence-electron chi connectivity index (χ4n) is 3.30. The lowest BCUT2D eigenvalue weighted by molar-refractivity contribution is -0.120. The van der Waals surface area contributed by atoms with Crippen LogP contribution in [0, 0.1) is 13.8 Å². The van der Waals surface area contributed by atoms with Crippen molar-refractivity contribution in [2.45, 2.75) is 47.5 Å². The number of carbonyl (C=O) groups is 2. The van der Waals surface area contributed by atoms with E-state index in [2.05, 4.69) is 19.2 Å². The van der Waals surface area contributed by atoms with E-state index in [4.69, 9.17) is 0 Å². The van der Waals surface area contributed by atoms with E-state index in [1.54, 1.807) is 4.90 Å². The van der Waals surface area contributed by atoms with Crippen LogP contribution in [-0.4, -0.2) is 18.4 Å². The molecule has 0 atom stereocenters. The molecule has 26 heavy (non-hydrogen) atoms. The average molecular weight is 352 g/mol. The second kappa shape index (κ2) is 8.65. The molecule has 138 valence electrons. The van der Waals surface area contributed by atoms with Gasteiger partial charge in [-0.15, -0.1) is 0 Å². The number of carbonyl (C=O) groups excluding carboxylic acids is 2. The van der Waals surface area contributed by atoms with Crippen molar-refractivity contribution in [3.8, 4) is 0 Å². The Hall–Kier alpha value is -2.62. The van der Waals surface area contributed by atoms with Gasteiger partial charge < -0.3 is 10.2 Å². The van der Waals surface area contributed by atoms with Crippen molar-refractivity contribution in [3.63, 3.8) is 0 Å². The predicted molar refractivity (Wildman–Crippen MR) is 108 cm³/mol. The molecule has 0 heterocycles. The van der Waals surface area contributed by atoms with Gasteiger partial charge in [-0.25, -0.2) is 0 Å². The van der Waals surface area contributed by atoms with Crippen LogP contribution >= 0.6 is 0 Å². The largest absolute Gasteiger partial charge is 0.324 e. The molecule has 2 aromatic rings. The monoisotopic (exact) mass is 352 g/mol. The van der Waals surface area contributed by atoms with Gasteiger partial charge in [-0.2, -0.15) is 0 Å². The zero-order valence-electron chi connectivity index (χ0n) is 16.3. The van der Waals surface area contributed by atoms with Gasteiger partial charge in [-0.1, -0.05) is 50.2 Å². The molecule has 0 fully saturated rings. The van der Waals surface area contributed by atoms with Crippen molar-refractivity contribution < 1.29 is 9.59 Å². The van der Waals surface area contributed by atoms with Crippen LogP contribution in [-0.2, 0) is 22.4 Å². The van der Waals surface area contributed by atoms with Crippen molar-refractivity contribution >= 4 is 23.2 Å². The molecule has 0 saturated carbocycles. The first-order valence-corrected chi connectivity index (χ1v) is 9.13. The summed E-state index contributed by atoms with van der Waals surface area (Å²) in [7, 11) is 0. The zero-order valence-corrected chi connectivity index (χ0v) is 16.3. The summed E-state index contributed by atoms with van der Waals surface area (Å²) < 4.78 is 0. The maximum Gasteiger partial charge on any atom is 0.244 e. The highest BCUT2D eigenvalue weighted by Crippen LogP contribution is 2.26. The lowest BCUT2D eigenvalue weighted by atomic mass is 10.0. The third-order valence-electron chi connectivity index (χ3n) is 4.65. The van der Waals surface area contributed by atoms with Crippen molar-refractivity contribution in [1.82, 2.24) is 0 Å². The Bertz CT molecular complexity index is 769. The standard InChI is InChI=1S/C22H28N2O2/c1-6-18-12-9-13-19(7-2)21(18)23-20(26)14-24(17(5)25)22-15(3)10-8-11-16(22)4/h8-13H,6-7,14H2,1-5H3,(H,23,26). The molecule has 0 aliphatic rings. The van der Waals surface area contributed by atoms with Crippen LogP contribution < -0.4 is 10.2 Å². The summed E-state index contributed by atoms with van der Waals surface area (Å²) >= 11 is 0. The molecule has 2 rings (SSSR count). The second-order valence-electron chi connectivity index (χ2n) is 6.55. The first-order valence-electron chi connectivity index (χ1n) is 9.13. The van der Waals surface area contributed by atoms with E-state index in [0.717, 1.165) is 46.5 Å². The minimum atomic E-state index is -0.182. The summed E-state index contributed by atoms with van der Waals surface area (Å²) in [6.07, 6.45) is 1.69. The van der Waals surface area contributed by atoms with E-state index in [1.165, 1.54) is 6.92 Å². The molecule has 2 amide bonds. The highest BCUT2D eigenvalue weighted by Gasteiger charge is 2.20. The van der Waals surface area contributed by atoms with Gasteiger partial charge in [0.25, 0.3) is 0 Å². The molecule has 2 aromatic carbocycles. The quantitative estimate of drug-likeness (QED) is 0.836. The Morgan fingerprint density at radius 2 is 1.42 bits per heavy atom. The Kier molecular flexibility index (Phi) is 6.56. The van der Waals surface area contributed by atoms with Gasteiger partial charge in [-0.05, 0) is 48.9 Å². The average Bonchev–Trinajstić information content (AvgIpc) is 2.60. The molecule has 4 nitrogen and oxygen atoms in total. The van der Waals surface area contributed by atoms with Crippen LogP contribution in [0.25, 0.3) is 0 Å². The number of nitrogens with one attached hydrogen (secondary N) is 1. The molecule has 0 bridgehead atoms. The molecular formula is C22H28N2O2. The minimum Gasteiger partial charge on any atom is -0.324 e. The van der Waals surface area contributed by atoms with Crippen molar-refractivity contribution in [3.05, 3.63) is 58.7 Å². The third-order valence-corrected chi connectivity index (χ3v) is 4.65. The lowest BCUT2D eigenvalue weighted by Crippen LogP contribution is -2.37. The van der Waals surface area contributed by atoms with Crippen molar-refractivity contribution in [2.24, 2.45) is 0 Å². The molecule has 0 radical (unpaired) electrons. The van der Waals surface area contributed by atoms with Gasteiger partial charge in [0.15, 0.2) is 0 Å². The van der Waals surface area contributed by atoms with E-state index in [1.807, 2.05) is 50.2 Å². The molecule has 0 unspecified atom stereocenters. The van der Waals surface area contributed by atoms with E-state index in [-0.39, 0.29) is 18.4 Å². The van der Waals surface area contributed by atoms with Crippen LogP contribution in [0.2, 0.25) is 0 Å². The number of rotatable bonds is 6. The molecule has 1 N–H and O–H groups in total. The summed E-state index contributed by atoms with van der Waals surface area (Å²) in [5.41, 5.74) is 5.88. The first kappa shape index (κ1) is 19.7. The summed E-state index contributed by atoms with van der Waals surface area (Å²) in [4.78, 5) is 26.5. The number of nitrogens with zero attached hydrogens (tertiary/aromatic N) is 1. The van der Waals surface area contributed by atoms with E-state index in [9.17, 15) is 9.59 Å². The topological polar surface area (TPSA) is 49.4 Å². The molecular weight excluding hydrogens is 324 g/mol.